The van der Waals surface area contributed by atoms with E-state index in [1.54, 1.807) is 6.08 Å². The maximum Gasteiger partial charge on any atom is 0.271 e. The molecule has 1 aromatic carbocycles. The highest BCUT2D eigenvalue weighted by molar-refractivity contribution is 8.26. The Balaban J connectivity index is 1.64. The topological polar surface area (TPSA) is 103 Å². The third kappa shape index (κ3) is 4.98. The second-order valence-corrected chi connectivity index (χ2v) is 10.4. The molecule has 1 fully saturated rings. The van der Waals surface area contributed by atoms with Crippen LogP contribution in [0.4, 0.5) is 0 Å². The van der Waals surface area contributed by atoms with E-state index < -0.39 is 29.7 Å². The van der Waals surface area contributed by atoms with Gasteiger partial charge in [-0.05, 0) is 42.0 Å². The van der Waals surface area contributed by atoms with Gasteiger partial charge in [0, 0.05) is 11.4 Å². The van der Waals surface area contributed by atoms with Crippen molar-refractivity contribution >= 4 is 57.4 Å². The summed E-state index contributed by atoms with van der Waals surface area (Å²) in [6.07, 6.45) is 2.13. The lowest BCUT2D eigenvalue weighted by molar-refractivity contribution is -0.121. The van der Waals surface area contributed by atoms with Crippen LogP contribution in [0.15, 0.2) is 57.5 Å². The van der Waals surface area contributed by atoms with E-state index in [0.717, 1.165) is 26.8 Å². The molecule has 0 saturated carbocycles. The second-order valence-electron chi connectivity index (χ2n) is 7.71. The first-order valence-corrected chi connectivity index (χ1v) is 12.6. The molecule has 4 rings (SSSR count). The van der Waals surface area contributed by atoms with Crippen molar-refractivity contribution in [2.45, 2.75) is 19.9 Å². The molecule has 2 aromatic heterocycles. The monoisotopic (exact) mass is 521 g/mol. The van der Waals surface area contributed by atoms with E-state index in [4.69, 9.17) is 12.2 Å². The molecule has 3 aromatic rings. The minimum Gasteiger partial charge on any atom is -0.494 e. The largest absolute Gasteiger partial charge is 0.494 e. The molecule has 176 valence electrons. The van der Waals surface area contributed by atoms with Crippen molar-refractivity contribution in [2.75, 3.05) is 6.54 Å². The first-order chi connectivity index (χ1) is 16.8. The van der Waals surface area contributed by atoms with Gasteiger partial charge in [0.1, 0.15) is 16.0 Å². The molecule has 7 nitrogen and oxygen atoms in total. The highest BCUT2D eigenvalue weighted by Gasteiger charge is 2.35. The van der Waals surface area contributed by atoms with Gasteiger partial charge in [-0.25, -0.2) is 0 Å². The summed E-state index contributed by atoms with van der Waals surface area (Å²) in [7, 11) is 0. The van der Waals surface area contributed by atoms with Crippen LogP contribution in [-0.2, 0) is 17.8 Å². The molecule has 1 aliphatic rings. The Labute approximate surface area is 214 Å². The number of benzene rings is 1. The van der Waals surface area contributed by atoms with Crippen molar-refractivity contribution in [3.8, 4) is 11.9 Å². The summed E-state index contributed by atoms with van der Waals surface area (Å²) in [5.41, 5.74) is -0.0384. The van der Waals surface area contributed by atoms with Gasteiger partial charge in [-0.2, -0.15) is 5.26 Å². The fourth-order valence-electron chi connectivity index (χ4n) is 3.74. The number of Topliss-reactive ketones (excluding diaryl/α,β-unsaturated/α-hetero) is 1. The van der Waals surface area contributed by atoms with Crippen LogP contribution in [0.2, 0.25) is 0 Å². The molecule has 0 aliphatic carbocycles. The Hall–Kier alpha value is -3.52. The number of aromatic nitrogens is 1. The van der Waals surface area contributed by atoms with Gasteiger partial charge in [0.05, 0.1) is 17.0 Å². The summed E-state index contributed by atoms with van der Waals surface area (Å²) in [4.78, 5) is 41.5. The molecule has 0 radical (unpaired) electrons. The standard InChI is InChI=1S/C25H19N3O4S3/c1-15-18(13-26)22(30)27(10-9-16-6-3-2-4-7-16)24(32)21(15)19(29)14-28-23(31)20(35-25(28)33)12-17-8-5-11-34-17/h2-8,11-12,32H,9-10,14H2,1H3/b20-12-. The molecule has 1 saturated heterocycles. The number of carbonyl (C=O) groups is 2. The molecule has 3 heterocycles. The summed E-state index contributed by atoms with van der Waals surface area (Å²) in [6.45, 7) is 1.10. The van der Waals surface area contributed by atoms with Crippen LogP contribution in [0, 0.1) is 18.3 Å². The van der Waals surface area contributed by atoms with E-state index in [-0.39, 0.29) is 27.6 Å². The fraction of sp³-hybridized carbons (Fsp3) is 0.160. The number of thioether (sulfide) groups is 1. The molecule has 0 unspecified atom stereocenters. The highest BCUT2D eigenvalue weighted by atomic mass is 32.2. The van der Waals surface area contributed by atoms with Crippen LogP contribution >= 0.6 is 35.3 Å². The van der Waals surface area contributed by atoms with Gasteiger partial charge in [0.2, 0.25) is 5.88 Å². The van der Waals surface area contributed by atoms with Gasteiger partial charge >= 0.3 is 0 Å². The SMILES string of the molecule is Cc1c(C(=O)CN2C(=O)/C(=C/c3cccs3)SC2=S)c(O)n(CCc2ccccc2)c(=O)c1C#N. The molecule has 10 heteroatoms. The van der Waals surface area contributed by atoms with Crippen molar-refractivity contribution in [3.63, 3.8) is 0 Å². The summed E-state index contributed by atoms with van der Waals surface area (Å²) >= 11 is 7.89. The number of nitriles is 1. The lowest BCUT2D eigenvalue weighted by Crippen LogP contribution is -2.35. The van der Waals surface area contributed by atoms with E-state index in [9.17, 15) is 24.8 Å². The molecule has 0 atom stereocenters. The number of aromatic hydroxyl groups is 1. The fourth-order valence-corrected chi connectivity index (χ4v) is 5.72. The maximum absolute atomic E-state index is 13.3. The normalized spacial score (nSPS) is 14.5. The minimum atomic E-state index is -0.667. The Morgan fingerprint density at radius 3 is 2.60 bits per heavy atom. The molecule has 1 N–H and O–H groups in total. The van der Waals surface area contributed by atoms with Crippen molar-refractivity contribution in [1.82, 2.24) is 9.47 Å². The van der Waals surface area contributed by atoms with Crippen LogP contribution in [0.25, 0.3) is 6.08 Å². The van der Waals surface area contributed by atoms with Crippen molar-refractivity contribution in [1.29, 1.82) is 5.26 Å². The van der Waals surface area contributed by atoms with Crippen LogP contribution in [0.5, 0.6) is 5.88 Å². The number of aryl methyl sites for hydroxylation is 1. The van der Waals surface area contributed by atoms with Gasteiger partial charge in [-0.15, -0.1) is 11.3 Å². The number of hydrogen-bond donors (Lipinski definition) is 1. The second kappa shape index (κ2) is 10.4. The quantitative estimate of drug-likeness (QED) is 0.283. The minimum absolute atomic E-state index is 0.0779. The Morgan fingerprint density at radius 2 is 1.94 bits per heavy atom. The number of pyridine rings is 1. The summed E-state index contributed by atoms with van der Waals surface area (Å²) in [5.74, 6) is -1.54. The van der Waals surface area contributed by atoms with E-state index in [1.807, 2.05) is 53.9 Å². The van der Waals surface area contributed by atoms with E-state index in [2.05, 4.69) is 0 Å². The Kier molecular flexibility index (Phi) is 7.31. The zero-order chi connectivity index (χ0) is 25.1. The summed E-state index contributed by atoms with van der Waals surface area (Å²) in [6, 6.07) is 14.9. The number of carbonyl (C=O) groups excluding carboxylic acids is 2. The van der Waals surface area contributed by atoms with Crippen LogP contribution in [-0.4, -0.2) is 37.1 Å². The molecular formula is C25H19N3O4S3. The summed E-state index contributed by atoms with van der Waals surface area (Å²) < 4.78 is 1.26. The number of amides is 1. The smallest absolute Gasteiger partial charge is 0.271 e. The molecule has 0 bridgehead atoms. The van der Waals surface area contributed by atoms with E-state index >= 15 is 0 Å². The Bertz CT molecular complexity index is 1450. The van der Waals surface area contributed by atoms with Gasteiger partial charge in [0.15, 0.2) is 5.78 Å². The zero-order valence-electron chi connectivity index (χ0n) is 18.6. The first kappa shape index (κ1) is 24.6. The average Bonchev–Trinajstić information content (AvgIpc) is 3.44. The van der Waals surface area contributed by atoms with Crippen LogP contribution in [0.3, 0.4) is 0 Å². The van der Waals surface area contributed by atoms with Gasteiger partial charge < -0.3 is 5.11 Å². The van der Waals surface area contributed by atoms with Crippen LogP contribution in [0.1, 0.15) is 31.9 Å². The third-order valence-electron chi connectivity index (χ3n) is 5.54. The highest BCUT2D eigenvalue weighted by Crippen LogP contribution is 2.34. The lowest BCUT2D eigenvalue weighted by Gasteiger charge is -2.18. The molecule has 35 heavy (non-hydrogen) atoms. The van der Waals surface area contributed by atoms with Crippen molar-refractivity contribution < 1.29 is 14.7 Å². The number of rotatable bonds is 7. The number of hydrogen-bond acceptors (Lipinski definition) is 8. The number of thiophene rings is 1. The zero-order valence-corrected chi connectivity index (χ0v) is 21.0. The summed E-state index contributed by atoms with van der Waals surface area (Å²) in [5, 5.41) is 22.4. The van der Waals surface area contributed by atoms with Crippen molar-refractivity contribution in [3.05, 3.63) is 90.2 Å². The third-order valence-corrected chi connectivity index (χ3v) is 7.73. The number of ketones is 1. The molecule has 0 spiro atoms. The predicted octanol–water partition coefficient (Wildman–Crippen LogP) is 4.12. The first-order valence-electron chi connectivity index (χ1n) is 10.5. The van der Waals surface area contributed by atoms with E-state index in [0.29, 0.717) is 11.3 Å². The van der Waals surface area contributed by atoms with E-state index in [1.165, 1.54) is 23.2 Å². The number of thiocarbonyl (C=S) groups is 1. The lowest BCUT2D eigenvalue weighted by atomic mass is 10.0. The molecule has 1 amide bonds. The number of nitrogens with zero attached hydrogens (tertiary/aromatic N) is 3. The van der Waals surface area contributed by atoms with Gasteiger partial charge in [-0.1, -0.05) is 60.4 Å². The molecular weight excluding hydrogens is 502 g/mol. The van der Waals surface area contributed by atoms with Crippen molar-refractivity contribution in [2.24, 2.45) is 0 Å². The maximum atomic E-state index is 13.3. The van der Waals surface area contributed by atoms with Crippen LogP contribution < -0.4 is 5.56 Å². The molecule has 1 aliphatic heterocycles. The van der Waals surface area contributed by atoms with Gasteiger partial charge in [-0.3, -0.25) is 23.9 Å². The van der Waals surface area contributed by atoms with Gasteiger partial charge in [0.25, 0.3) is 11.5 Å². The predicted molar refractivity (Wildman–Crippen MR) is 140 cm³/mol. The Morgan fingerprint density at radius 1 is 1.20 bits per heavy atom. The average molecular weight is 522 g/mol.